The molecule has 9 nitrogen and oxygen atoms in total. The molecule has 0 amide bonds. The summed E-state index contributed by atoms with van der Waals surface area (Å²) in [5.74, 6) is -2.12. The second-order valence-corrected chi connectivity index (χ2v) is 22.0. The van der Waals surface area contributed by atoms with Crippen LogP contribution in [0.15, 0.2) is 97.2 Å². The molecule has 1 N–H and O–H groups in total. The highest BCUT2D eigenvalue weighted by atomic mass is 16.7. The highest BCUT2D eigenvalue weighted by Gasteiger charge is 2.25. The van der Waals surface area contributed by atoms with Crippen molar-refractivity contribution in [2.75, 3.05) is 47.5 Å². The van der Waals surface area contributed by atoms with Gasteiger partial charge in [0.1, 0.15) is 13.2 Å². The number of carbonyl (C=O) groups excluding carboxylic acids is 2. The predicted octanol–water partition coefficient (Wildman–Crippen LogP) is 18.9. The third-order valence-electron chi connectivity index (χ3n) is 13.3. The molecule has 442 valence electrons. The minimum absolute atomic E-state index is 0.132. The summed E-state index contributed by atoms with van der Waals surface area (Å²) < 4.78 is 22.8. The fourth-order valence-electron chi connectivity index (χ4n) is 8.54. The van der Waals surface area contributed by atoms with Gasteiger partial charge in [0.2, 0.25) is 0 Å². The average molecular weight is 1080 g/mol. The number of hydrogen-bond acceptors (Lipinski definition) is 7. The summed E-state index contributed by atoms with van der Waals surface area (Å²) in [6, 6.07) is 0. The molecule has 0 aromatic carbocycles. The molecular weight excluding hydrogens is 959 g/mol. The van der Waals surface area contributed by atoms with Crippen LogP contribution in [-0.2, 0) is 33.3 Å². The molecule has 0 aliphatic carbocycles. The van der Waals surface area contributed by atoms with Gasteiger partial charge in [0.15, 0.2) is 6.10 Å². The van der Waals surface area contributed by atoms with Crippen LogP contribution in [0.4, 0.5) is 0 Å². The molecule has 9 heteroatoms. The quantitative estimate of drug-likeness (QED) is 0.0211. The zero-order valence-corrected chi connectivity index (χ0v) is 50.3. The molecule has 0 aromatic heterocycles. The van der Waals surface area contributed by atoms with Crippen LogP contribution in [-0.4, -0.2) is 87.4 Å². The number of carbonyl (C=O) groups is 3. The Morgan fingerprint density at radius 1 is 0.403 bits per heavy atom. The number of likely N-dealkylation sites (N-methyl/N-ethyl adjacent to an activating group) is 1. The monoisotopic (exact) mass is 1080 g/mol. The van der Waals surface area contributed by atoms with Crippen molar-refractivity contribution in [3.8, 4) is 0 Å². The number of hydrogen-bond donors (Lipinski definition) is 1. The topological polar surface area (TPSA) is 108 Å². The minimum Gasteiger partial charge on any atom is -0.477 e. The van der Waals surface area contributed by atoms with Gasteiger partial charge < -0.3 is 28.5 Å². The van der Waals surface area contributed by atoms with Crippen molar-refractivity contribution in [2.45, 2.75) is 270 Å². The van der Waals surface area contributed by atoms with E-state index in [1.54, 1.807) is 0 Å². The lowest BCUT2D eigenvalue weighted by Gasteiger charge is -2.25. The van der Waals surface area contributed by atoms with E-state index in [9.17, 15) is 19.5 Å². The minimum atomic E-state index is -1.53. The largest absolute Gasteiger partial charge is 0.477 e. The van der Waals surface area contributed by atoms with Gasteiger partial charge in [-0.2, -0.15) is 0 Å². The van der Waals surface area contributed by atoms with Crippen LogP contribution in [0.5, 0.6) is 0 Å². The number of esters is 2. The number of unbranched alkanes of at least 4 members (excludes halogenated alkanes) is 26. The van der Waals surface area contributed by atoms with Crippen LogP contribution in [0.2, 0.25) is 0 Å². The lowest BCUT2D eigenvalue weighted by atomic mass is 10.0. The van der Waals surface area contributed by atoms with Gasteiger partial charge in [-0.25, -0.2) is 4.79 Å². The highest BCUT2D eigenvalue weighted by Crippen LogP contribution is 2.17. The molecule has 2 unspecified atom stereocenters. The molecule has 0 fully saturated rings. The van der Waals surface area contributed by atoms with E-state index in [1.165, 1.54) is 161 Å². The zero-order chi connectivity index (χ0) is 56.2. The van der Waals surface area contributed by atoms with Gasteiger partial charge >= 0.3 is 17.9 Å². The van der Waals surface area contributed by atoms with Crippen molar-refractivity contribution in [3.05, 3.63) is 97.2 Å². The van der Waals surface area contributed by atoms with Crippen molar-refractivity contribution >= 4 is 17.9 Å². The predicted molar refractivity (Wildman–Crippen MR) is 327 cm³/mol. The van der Waals surface area contributed by atoms with Crippen molar-refractivity contribution in [3.63, 3.8) is 0 Å². The first-order valence-electron chi connectivity index (χ1n) is 31.4. The smallest absolute Gasteiger partial charge is 0.361 e. The molecule has 77 heavy (non-hydrogen) atoms. The summed E-state index contributed by atoms with van der Waals surface area (Å²) in [4.78, 5) is 37.4. The molecule has 0 aromatic rings. The van der Waals surface area contributed by atoms with Gasteiger partial charge in [0, 0.05) is 12.8 Å². The fourth-order valence-corrected chi connectivity index (χ4v) is 8.54. The molecule has 0 radical (unpaired) electrons. The summed E-state index contributed by atoms with van der Waals surface area (Å²) in [5.41, 5.74) is 0. The van der Waals surface area contributed by atoms with Gasteiger partial charge in [-0.05, 0) is 83.5 Å². The number of ether oxygens (including phenoxy) is 4. The van der Waals surface area contributed by atoms with E-state index in [0.717, 1.165) is 64.2 Å². The lowest BCUT2D eigenvalue weighted by Crippen LogP contribution is -2.40. The Morgan fingerprint density at radius 2 is 0.766 bits per heavy atom. The molecule has 0 saturated carbocycles. The number of carboxylic acids is 1. The van der Waals surface area contributed by atoms with Crippen molar-refractivity contribution < 1.29 is 42.9 Å². The van der Waals surface area contributed by atoms with E-state index >= 15 is 0 Å². The van der Waals surface area contributed by atoms with Crippen LogP contribution in [0, 0.1) is 0 Å². The summed E-state index contributed by atoms with van der Waals surface area (Å²) >= 11 is 0. The van der Waals surface area contributed by atoms with Crippen molar-refractivity contribution in [2.24, 2.45) is 0 Å². The highest BCUT2D eigenvalue weighted by molar-refractivity contribution is 5.71. The van der Waals surface area contributed by atoms with Crippen LogP contribution >= 0.6 is 0 Å². The number of nitrogens with zero attached hydrogens (tertiary/aromatic N) is 1. The number of allylic oxidation sites excluding steroid dienone is 16. The maximum atomic E-state index is 12.8. The van der Waals surface area contributed by atoms with Crippen molar-refractivity contribution in [1.29, 1.82) is 0 Å². The summed E-state index contributed by atoms with van der Waals surface area (Å²) in [7, 11) is 5.94. The Kier molecular flexibility index (Phi) is 55.5. The number of quaternary nitrogens is 1. The second-order valence-electron chi connectivity index (χ2n) is 22.0. The molecule has 0 rings (SSSR count). The van der Waals surface area contributed by atoms with E-state index in [2.05, 4.69) is 98.9 Å². The first-order valence-corrected chi connectivity index (χ1v) is 31.4. The Labute approximate surface area is 473 Å². The molecule has 0 spiro atoms. The lowest BCUT2D eigenvalue weighted by molar-refractivity contribution is -0.870. The van der Waals surface area contributed by atoms with E-state index in [-0.39, 0.29) is 38.6 Å². The van der Waals surface area contributed by atoms with Gasteiger partial charge in [-0.3, -0.25) is 9.59 Å². The van der Waals surface area contributed by atoms with Gasteiger partial charge in [-0.1, -0.05) is 259 Å². The van der Waals surface area contributed by atoms with E-state index in [1.807, 2.05) is 33.3 Å². The Balaban J connectivity index is 4.16. The normalized spacial score (nSPS) is 13.4. The van der Waals surface area contributed by atoms with Crippen LogP contribution < -0.4 is 0 Å². The molecule has 2 atom stereocenters. The first-order chi connectivity index (χ1) is 37.6. The zero-order valence-electron chi connectivity index (χ0n) is 50.3. The standard InChI is InChI=1S/C68H117NO8/c1-6-8-10-12-14-16-18-20-22-24-26-27-28-29-30-31-32-33-34-35-36-37-38-39-41-42-44-46-48-50-52-54-56-58-65(70)75-62-64(63-76-68(67(72)73)74-61-60-69(3,4)5)77-66(71)59-57-55-53-51-49-47-45-43-40-25-23-21-19-17-15-13-11-9-7-2/h9,11,15,17-18,20-21,23-24,26,40,43,47,49,53,55,64,68H,6-8,10,12-14,16,19,22,25,27-39,41-42,44-46,48,50-52,54,56-63H2,1-5H3/p+1/b11-9-,17-15-,20-18-,23-21-,26-24-,43-40-,49-47-,55-53-. The summed E-state index contributed by atoms with van der Waals surface area (Å²) in [5, 5.41) is 9.70. The van der Waals surface area contributed by atoms with Crippen LogP contribution in [0.25, 0.3) is 0 Å². The van der Waals surface area contributed by atoms with Gasteiger partial charge in [-0.15, -0.1) is 0 Å². The van der Waals surface area contributed by atoms with Gasteiger partial charge in [0.05, 0.1) is 34.4 Å². The SMILES string of the molecule is CC/C=C\C/C=C\C/C=C\C/C=C\C/C=C\C/C=C\CCC(=O)OC(COC(=O)CCCCCCCCCCCCCCCCCCCCCCC/C=C\C/C=C\CCCCCCC)COC(OCC[N+](C)(C)C)C(=O)O. The maximum absolute atomic E-state index is 12.8. The second kappa shape index (κ2) is 58.4. The molecule has 0 heterocycles. The summed E-state index contributed by atoms with van der Waals surface area (Å²) in [6.07, 6.45) is 76.8. The summed E-state index contributed by atoms with van der Waals surface area (Å²) in [6.45, 7) is 4.68. The molecular formula is C68H118NO8+. The van der Waals surface area contributed by atoms with E-state index in [4.69, 9.17) is 18.9 Å². The van der Waals surface area contributed by atoms with Crippen LogP contribution in [0.3, 0.4) is 0 Å². The van der Waals surface area contributed by atoms with Gasteiger partial charge in [0.25, 0.3) is 6.29 Å². The first kappa shape index (κ1) is 73.2. The number of carboxylic acid groups (broad SMARTS) is 1. The Hall–Kier alpha value is -3.79. The Morgan fingerprint density at radius 3 is 1.16 bits per heavy atom. The molecule has 0 aliphatic heterocycles. The van der Waals surface area contributed by atoms with Crippen molar-refractivity contribution in [1.82, 2.24) is 0 Å². The third-order valence-corrected chi connectivity index (χ3v) is 13.3. The molecule has 0 saturated heterocycles. The van der Waals surface area contributed by atoms with E-state index < -0.39 is 24.3 Å². The molecule has 0 aliphatic rings. The van der Waals surface area contributed by atoms with Crippen LogP contribution in [0.1, 0.15) is 258 Å². The van der Waals surface area contributed by atoms with E-state index in [0.29, 0.717) is 17.4 Å². The fraction of sp³-hybridized carbons (Fsp3) is 0.721. The number of aliphatic carboxylic acids is 1. The maximum Gasteiger partial charge on any atom is 0.361 e. The third kappa shape index (κ3) is 59.7. The number of rotatable bonds is 57. The molecule has 0 bridgehead atoms. The average Bonchev–Trinajstić information content (AvgIpc) is 3.40. The Bertz CT molecular complexity index is 1580.